The maximum atomic E-state index is 12.3. The summed E-state index contributed by atoms with van der Waals surface area (Å²) >= 11 is 0. The van der Waals surface area contributed by atoms with Gasteiger partial charge in [-0.15, -0.1) is 0 Å². The first-order valence-corrected chi connectivity index (χ1v) is 8.42. The summed E-state index contributed by atoms with van der Waals surface area (Å²) in [6.45, 7) is 0. The molecular formula is C20H17N3O6. The van der Waals surface area contributed by atoms with Crippen molar-refractivity contribution in [3.05, 3.63) is 76.0 Å². The van der Waals surface area contributed by atoms with E-state index in [1.807, 2.05) is 0 Å². The first-order valence-electron chi connectivity index (χ1n) is 8.42. The lowest BCUT2D eigenvalue weighted by Gasteiger charge is -2.07. The Bertz CT molecular complexity index is 1050. The molecule has 0 atom stereocenters. The zero-order valence-corrected chi connectivity index (χ0v) is 15.6. The van der Waals surface area contributed by atoms with Crippen molar-refractivity contribution in [3.63, 3.8) is 0 Å². The topological polar surface area (TPSA) is 116 Å². The Labute approximate surface area is 165 Å². The SMILES string of the molecule is COc1cc(OC)cc(C(=O)N/N=C\c2ccc(-c3ccccc3[N+](=O)[O-])o2)c1. The largest absolute Gasteiger partial charge is 0.497 e. The molecule has 3 aromatic rings. The number of methoxy groups -OCH3 is 2. The van der Waals surface area contributed by atoms with Gasteiger partial charge in [-0.1, -0.05) is 12.1 Å². The number of hydrogen-bond acceptors (Lipinski definition) is 7. The zero-order chi connectivity index (χ0) is 20.8. The number of nitro groups is 1. The van der Waals surface area contributed by atoms with Crippen molar-refractivity contribution in [2.45, 2.75) is 0 Å². The third-order valence-corrected chi connectivity index (χ3v) is 3.96. The summed E-state index contributed by atoms with van der Waals surface area (Å²) in [6.07, 6.45) is 1.30. The molecule has 148 valence electrons. The van der Waals surface area contributed by atoms with Gasteiger partial charge >= 0.3 is 0 Å². The Balaban J connectivity index is 1.72. The van der Waals surface area contributed by atoms with E-state index in [2.05, 4.69) is 10.5 Å². The highest BCUT2D eigenvalue weighted by molar-refractivity contribution is 5.95. The van der Waals surface area contributed by atoms with Crippen LogP contribution in [0, 0.1) is 10.1 Å². The second kappa shape index (κ2) is 8.70. The highest BCUT2D eigenvalue weighted by Crippen LogP contribution is 2.30. The summed E-state index contributed by atoms with van der Waals surface area (Å²) < 4.78 is 15.8. The van der Waals surface area contributed by atoms with E-state index in [9.17, 15) is 14.9 Å². The van der Waals surface area contributed by atoms with Crippen molar-refractivity contribution in [2.75, 3.05) is 14.2 Å². The van der Waals surface area contributed by atoms with Crippen LogP contribution in [0.2, 0.25) is 0 Å². The van der Waals surface area contributed by atoms with Gasteiger partial charge < -0.3 is 13.9 Å². The Morgan fingerprint density at radius 2 is 1.79 bits per heavy atom. The number of ether oxygens (including phenoxy) is 2. The number of rotatable bonds is 7. The van der Waals surface area contributed by atoms with Crippen LogP contribution in [0.15, 0.2) is 64.1 Å². The van der Waals surface area contributed by atoms with Crippen molar-refractivity contribution in [1.29, 1.82) is 0 Å². The third-order valence-electron chi connectivity index (χ3n) is 3.96. The van der Waals surface area contributed by atoms with E-state index in [-0.39, 0.29) is 5.69 Å². The van der Waals surface area contributed by atoms with E-state index in [0.29, 0.717) is 34.1 Å². The fourth-order valence-electron chi connectivity index (χ4n) is 2.57. The number of hydrazone groups is 1. The van der Waals surface area contributed by atoms with Gasteiger partial charge in [-0.05, 0) is 30.3 Å². The van der Waals surface area contributed by atoms with Gasteiger partial charge in [-0.3, -0.25) is 14.9 Å². The van der Waals surface area contributed by atoms with Crippen LogP contribution in [-0.2, 0) is 0 Å². The molecule has 0 saturated heterocycles. The maximum absolute atomic E-state index is 12.3. The molecule has 2 aromatic carbocycles. The summed E-state index contributed by atoms with van der Waals surface area (Å²) in [7, 11) is 2.97. The fraction of sp³-hybridized carbons (Fsp3) is 0.100. The molecule has 0 spiro atoms. The van der Waals surface area contributed by atoms with Gasteiger partial charge in [0.2, 0.25) is 0 Å². The van der Waals surface area contributed by atoms with Crippen LogP contribution < -0.4 is 14.9 Å². The minimum Gasteiger partial charge on any atom is -0.497 e. The number of nitrogens with zero attached hydrogens (tertiary/aromatic N) is 2. The molecule has 0 aliphatic heterocycles. The van der Waals surface area contributed by atoms with E-state index in [0.717, 1.165) is 0 Å². The van der Waals surface area contributed by atoms with E-state index in [1.165, 1.54) is 26.5 Å². The molecule has 0 bridgehead atoms. The second-order valence-corrected chi connectivity index (χ2v) is 5.78. The van der Waals surface area contributed by atoms with Gasteiger partial charge in [0.25, 0.3) is 11.6 Å². The fourth-order valence-corrected chi connectivity index (χ4v) is 2.57. The molecule has 9 heteroatoms. The molecule has 0 fully saturated rings. The summed E-state index contributed by atoms with van der Waals surface area (Å²) in [4.78, 5) is 22.9. The number of hydrogen-bond donors (Lipinski definition) is 1. The van der Waals surface area contributed by atoms with Gasteiger partial charge in [0.05, 0.1) is 30.9 Å². The number of nitro benzene ring substituents is 1. The van der Waals surface area contributed by atoms with Crippen LogP contribution in [0.1, 0.15) is 16.1 Å². The Hall–Kier alpha value is -4.14. The lowest BCUT2D eigenvalue weighted by Crippen LogP contribution is -2.17. The van der Waals surface area contributed by atoms with Crippen LogP contribution in [0.25, 0.3) is 11.3 Å². The molecule has 0 aliphatic carbocycles. The van der Waals surface area contributed by atoms with Gasteiger partial charge in [0.15, 0.2) is 0 Å². The molecule has 0 radical (unpaired) electrons. The van der Waals surface area contributed by atoms with Crippen molar-refractivity contribution >= 4 is 17.8 Å². The summed E-state index contributed by atoms with van der Waals surface area (Å²) in [5, 5.41) is 15.0. The molecule has 29 heavy (non-hydrogen) atoms. The van der Waals surface area contributed by atoms with Crippen LogP contribution in [0.3, 0.4) is 0 Å². The molecule has 0 aliphatic rings. The number of carbonyl (C=O) groups excluding carboxylic acids is 1. The highest BCUT2D eigenvalue weighted by Gasteiger charge is 2.17. The summed E-state index contributed by atoms with van der Waals surface area (Å²) in [6, 6.07) is 14.2. The average molecular weight is 395 g/mol. The smallest absolute Gasteiger partial charge is 0.280 e. The standard InChI is InChI=1S/C20H17N3O6/c1-27-15-9-13(10-16(11-15)28-2)20(24)22-21-12-14-7-8-19(29-14)17-5-3-4-6-18(17)23(25)26/h3-12H,1-2H3,(H,22,24)/b21-12-. The van der Waals surface area contributed by atoms with Crippen LogP contribution in [0.4, 0.5) is 5.69 Å². The molecule has 0 unspecified atom stereocenters. The lowest BCUT2D eigenvalue weighted by atomic mass is 10.1. The monoisotopic (exact) mass is 395 g/mol. The predicted octanol–water partition coefficient (Wildman–Crippen LogP) is 3.64. The summed E-state index contributed by atoms with van der Waals surface area (Å²) in [5.74, 6) is 1.12. The van der Waals surface area contributed by atoms with Crippen molar-refractivity contribution in [1.82, 2.24) is 5.43 Å². The number of furan rings is 1. The molecule has 3 rings (SSSR count). The van der Waals surface area contributed by atoms with Crippen molar-refractivity contribution < 1.29 is 23.6 Å². The van der Waals surface area contributed by atoms with Crippen LogP contribution in [0.5, 0.6) is 11.5 Å². The van der Waals surface area contributed by atoms with Gasteiger partial charge in [0, 0.05) is 17.7 Å². The number of benzene rings is 2. The number of para-hydroxylation sites is 1. The van der Waals surface area contributed by atoms with Crippen LogP contribution >= 0.6 is 0 Å². The quantitative estimate of drug-likeness (QED) is 0.371. The Kier molecular flexibility index (Phi) is 5.88. The minimum atomic E-state index is -0.478. The van der Waals surface area contributed by atoms with E-state index in [4.69, 9.17) is 13.9 Å². The first-order chi connectivity index (χ1) is 14.0. The Morgan fingerprint density at radius 1 is 1.10 bits per heavy atom. The lowest BCUT2D eigenvalue weighted by molar-refractivity contribution is -0.384. The summed E-state index contributed by atoms with van der Waals surface area (Å²) in [5.41, 5.74) is 2.97. The first kappa shape index (κ1) is 19.6. The molecule has 1 N–H and O–H groups in total. The number of amides is 1. The highest BCUT2D eigenvalue weighted by atomic mass is 16.6. The molecule has 1 heterocycles. The minimum absolute atomic E-state index is 0.0642. The molecule has 0 saturated carbocycles. The van der Waals surface area contributed by atoms with Crippen LogP contribution in [-0.4, -0.2) is 31.3 Å². The van der Waals surface area contributed by atoms with Gasteiger partial charge in [0.1, 0.15) is 23.0 Å². The second-order valence-electron chi connectivity index (χ2n) is 5.78. The molecule has 1 aromatic heterocycles. The Morgan fingerprint density at radius 3 is 2.45 bits per heavy atom. The predicted molar refractivity (Wildman–Crippen MR) is 105 cm³/mol. The zero-order valence-electron chi connectivity index (χ0n) is 15.6. The molecule has 9 nitrogen and oxygen atoms in total. The average Bonchev–Trinajstić information content (AvgIpc) is 3.21. The third kappa shape index (κ3) is 4.59. The number of carbonyl (C=O) groups is 1. The molecular weight excluding hydrogens is 378 g/mol. The molecule has 1 amide bonds. The van der Waals surface area contributed by atoms with E-state index < -0.39 is 10.8 Å². The van der Waals surface area contributed by atoms with Gasteiger partial charge in [-0.2, -0.15) is 5.10 Å². The normalized spacial score (nSPS) is 10.7. The van der Waals surface area contributed by atoms with Crippen molar-refractivity contribution in [2.24, 2.45) is 5.10 Å². The van der Waals surface area contributed by atoms with Gasteiger partial charge in [-0.25, -0.2) is 5.43 Å². The van der Waals surface area contributed by atoms with E-state index >= 15 is 0 Å². The maximum Gasteiger partial charge on any atom is 0.280 e. The van der Waals surface area contributed by atoms with Crippen molar-refractivity contribution in [3.8, 4) is 22.8 Å². The number of nitrogens with one attached hydrogen (secondary N) is 1. The van der Waals surface area contributed by atoms with E-state index in [1.54, 1.807) is 48.5 Å².